The highest BCUT2D eigenvalue weighted by atomic mass is 35.5. The fraction of sp³-hybridized carbons (Fsp3) is 0.333. The van der Waals surface area contributed by atoms with Gasteiger partial charge < -0.3 is 5.32 Å². The average Bonchev–Trinajstić information content (AvgIpc) is 2.93. The smallest absolute Gasteiger partial charge is 0.0595 e. The summed E-state index contributed by atoms with van der Waals surface area (Å²) < 4.78 is 0. The van der Waals surface area contributed by atoms with E-state index in [1.807, 2.05) is 18.2 Å². The molecule has 2 aromatic rings. The summed E-state index contributed by atoms with van der Waals surface area (Å²) in [5.41, 5.74) is 2.50. The maximum Gasteiger partial charge on any atom is 0.0595 e. The Morgan fingerprint density at radius 1 is 1.16 bits per heavy atom. The monoisotopic (exact) mass is 313 g/mol. The third-order valence-corrected chi connectivity index (χ3v) is 4.69. The maximum absolute atomic E-state index is 6.09. The summed E-state index contributed by atoms with van der Waals surface area (Å²) in [6, 6.07) is 8.61. The van der Waals surface area contributed by atoms with Crippen LogP contribution in [-0.2, 0) is 0 Å². The summed E-state index contributed by atoms with van der Waals surface area (Å²) in [5, 5.41) is 9.14. The van der Waals surface area contributed by atoms with E-state index in [1.165, 1.54) is 11.1 Å². The molecule has 1 nitrogen and oxygen atoms in total. The standard InChI is InChI=1S/C15H17Cl2NS/c1-3-15(11-4-5-13(16)14(17)8-11)18-10(2)12-6-7-19-9-12/h4-10,15,18H,3H2,1-2H3. The molecular weight excluding hydrogens is 297 g/mol. The molecule has 0 amide bonds. The van der Waals surface area contributed by atoms with Crippen molar-refractivity contribution >= 4 is 34.5 Å². The number of hydrogen-bond donors (Lipinski definition) is 1. The van der Waals surface area contributed by atoms with Gasteiger partial charge in [0.05, 0.1) is 10.0 Å². The van der Waals surface area contributed by atoms with Crippen molar-refractivity contribution in [2.45, 2.75) is 32.4 Å². The first-order valence-corrected chi connectivity index (χ1v) is 8.04. The maximum atomic E-state index is 6.09. The first kappa shape index (κ1) is 14.9. The molecule has 0 spiro atoms. The van der Waals surface area contributed by atoms with Crippen molar-refractivity contribution in [2.24, 2.45) is 0 Å². The van der Waals surface area contributed by atoms with E-state index in [9.17, 15) is 0 Å². The zero-order chi connectivity index (χ0) is 13.8. The molecule has 1 aromatic carbocycles. The molecule has 0 aliphatic rings. The molecule has 0 saturated heterocycles. The van der Waals surface area contributed by atoms with Gasteiger partial charge in [0.15, 0.2) is 0 Å². The number of rotatable bonds is 5. The fourth-order valence-electron chi connectivity index (χ4n) is 2.10. The van der Waals surface area contributed by atoms with Gasteiger partial charge in [0, 0.05) is 12.1 Å². The first-order chi connectivity index (χ1) is 9.11. The predicted octanol–water partition coefficient (Wildman–Crippen LogP) is 5.86. The van der Waals surface area contributed by atoms with Crippen LogP contribution in [-0.4, -0.2) is 0 Å². The van der Waals surface area contributed by atoms with E-state index in [2.05, 4.69) is 36.0 Å². The van der Waals surface area contributed by atoms with Crippen molar-refractivity contribution in [3.8, 4) is 0 Å². The van der Waals surface area contributed by atoms with E-state index in [1.54, 1.807) is 11.3 Å². The summed E-state index contributed by atoms with van der Waals surface area (Å²) in [4.78, 5) is 0. The summed E-state index contributed by atoms with van der Waals surface area (Å²) in [6.07, 6.45) is 1.01. The van der Waals surface area contributed by atoms with Crippen molar-refractivity contribution in [1.82, 2.24) is 5.32 Å². The van der Waals surface area contributed by atoms with Crippen molar-refractivity contribution in [2.75, 3.05) is 0 Å². The summed E-state index contributed by atoms with van der Waals surface area (Å²) in [7, 11) is 0. The van der Waals surface area contributed by atoms with Crippen LogP contribution in [0.15, 0.2) is 35.0 Å². The SMILES string of the molecule is CCC(NC(C)c1ccsc1)c1ccc(Cl)c(Cl)c1. The molecule has 2 atom stereocenters. The zero-order valence-corrected chi connectivity index (χ0v) is 13.3. The van der Waals surface area contributed by atoms with E-state index in [0.29, 0.717) is 16.1 Å². The molecule has 0 aliphatic carbocycles. The van der Waals surface area contributed by atoms with Crippen LogP contribution < -0.4 is 5.32 Å². The van der Waals surface area contributed by atoms with Crippen molar-refractivity contribution < 1.29 is 0 Å². The Labute approximate surface area is 128 Å². The average molecular weight is 314 g/mol. The van der Waals surface area contributed by atoms with Crippen LogP contribution in [0.5, 0.6) is 0 Å². The molecule has 4 heteroatoms. The molecule has 0 radical (unpaired) electrons. The Balaban J connectivity index is 2.13. The third-order valence-electron chi connectivity index (χ3n) is 3.25. The van der Waals surface area contributed by atoms with Crippen LogP contribution >= 0.6 is 34.5 Å². The highest BCUT2D eigenvalue weighted by molar-refractivity contribution is 7.07. The van der Waals surface area contributed by atoms with Gasteiger partial charge in [0.25, 0.3) is 0 Å². The Bertz CT molecular complexity index is 525. The Hall–Kier alpha value is -0.540. The second kappa shape index (κ2) is 6.76. The molecule has 102 valence electrons. The molecule has 2 unspecified atom stereocenters. The Morgan fingerprint density at radius 2 is 1.95 bits per heavy atom. The fourth-order valence-corrected chi connectivity index (χ4v) is 3.16. The minimum atomic E-state index is 0.282. The van der Waals surface area contributed by atoms with Gasteiger partial charge in [0.1, 0.15) is 0 Å². The lowest BCUT2D eigenvalue weighted by Gasteiger charge is -2.22. The summed E-state index contributed by atoms with van der Waals surface area (Å²) in [5.74, 6) is 0. The lowest BCUT2D eigenvalue weighted by molar-refractivity contribution is 0.457. The first-order valence-electron chi connectivity index (χ1n) is 6.35. The van der Waals surface area contributed by atoms with Crippen molar-refractivity contribution in [3.63, 3.8) is 0 Å². The normalized spacial score (nSPS) is 14.3. The van der Waals surface area contributed by atoms with Gasteiger partial charge >= 0.3 is 0 Å². The van der Waals surface area contributed by atoms with Crippen LogP contribution in [0.25, 0.3) is 0 Å². The zero-order valence-electron chi connectivity index (χ0n) is 11.0. The molecule has 19 heavy (non-hydrogen) atoms. The molecule has 0 saturated carbocycles. The minimum Gasteiger partial charge on any atom is -0.303 e. The van der Waals surface area contributed by atoms with Crippen molar-refractivity contribution in [3.05, 3.63) is 56.2 Å². The largest absolute Gasteiger partial charge is 0.303 e. The van der Waals surface area contributed by atoms with E-state index >= 15 is 0 Å². The van der Waals surface area contributed by atoms with Crippen LogP contribution in [0.1, 0.15) is 43.5 Å². The quantitative estimate of drug-likeness (QED) is 0.729. The number of benzene rings is 1. The number of halogens is 2. The number of hydrogen-bond acceptors (Lipinski definition) is 2. The second-order valence-corrected chi connectivity index (χ2v) is 6.17. The highest BCUT2D eigenvalue weighted by Crippen LogP contribution is 2.28. The molecule has 2 rings (SSSR count). The van der Waals surface area contributed by atoms with Gasteiger partial charge in [-0.25, -0.2) is 0 Å². The van der Waals surface area contributed by atoms with Crippen LogP contribution in [0.4, 0.5) is 0 Å². The van der Waals surface area contributed by atoms with E-state index in [0.717, 1.165) is 6.42 Å². The minimum absolute atomic E-state index is 0.282. The van der Waals surface area contributed by atoms with Crippen LogP contribution in [0.2, 0.25) is 10.0 Å². The summed E-state index contributed by atoms with van der Waals surface area (Å²) >= 11 is 13.8. The van der Waals surface area contributed by atoms with Gasteiger partial charge in [-0.2, -0.15) is 11.3 Å². The van der Waals surface area contributed by atoms with E-state index in [4.69, 9.17) is 23.2 Å². The lowest BCUT2D eigenvalue weighted by Crippen LogP contribution is -2.23. The topological polar surface area (TPSA) is 12.0 Å². The highest BCUT2D eigenvalue weighted by Gasteiger charge is 2.15. The van der Waals surface area contributed by atoms with Gasteiger partial charge in [-0.15, -0.1) is 0 Å². The Morgan fingerprint density at radius 3 is 2.53 bits per heavy atom. The molecule has 1 N–H and O–H groups in total. The van der Waals surface area contributed by atoms with Crippen molar-refractivity contribution in [1.29, 1.82) is 0 Å². The van der Waals surface area contributed by atoms with Crippen LogP contribution in [0.3, 0.4) is 0 Å². The van der Waals surface area contributed by atoms with E-state index < -0.39 is 0 Å². The lowest BCUT2D eigenvalue weighted by atomic mass is 10.0. The molecular formula is C15H17Cl2NS. The predicted molar refractivity (Wildman–Crippen MR) is 85.4 cm³/mol. The number of nitrogens with one attached hydrogen (secondary N) is 1. The van der Waals surface area contributed by atoms with Gasteiger partial charge in [-0.1, -0.05) is 36.2 Å². The molecule has 1 heterocycles. The molecule has 0 aliphatic heterocycles. The second-order valence-electron chi connectivity index (χ2n) is 4.58. The van der Waals surface area contributed by atoms with Gasteiger partial charge in [-0.05, 0) is 53.4 Å². The van der Waals surface area contributed by atoms with Gasteiger partial charge in [-0.3, -0.25) is 0 Å². The number of thiophene rings is 1. The molecule has 1 aromatic heterocycles. The molecule has 0 bridgehead atoms. The van der Waals surface area contributed by atoms with Gasteiger partial charge in [0.2, 0.25) is 0 Å². The third kappa shape index (κ3) is 3.73. The Kier molecular flexibility index (Phi) is 5.28. The summed E-state index contributed by atoms with van der Waals surface area (Å²) in [6.45, 7) is 4.35. The van der Waals surface area contributed by atoms with Crippen LogP contribution in [0, 0.1) is 0 Å². The van der Waals surface area contributed by atoms with E-state index in [-0.39, 0.29) is 6.04 Å². The molecule has 0 fully saturated rings.